The minimum atomic E-state index is 0.954. The molecule has 2 aromatic carbocycles. The Kier molecular flexibility index (Phi) is 3.66. The molecule has 2 aromatic rings. The van der Waals surface area contributed by atoms with E-state index in [0.29, 0.717) is 0 Å². The van der Waals surface area contributed by atoms with Crippen LogP contribution in [0.15, 0.2) is 66.2 Å². The third-order valence-corrected chi connectivity index (χ3v) is 4.18. The Labute approximate surface area is 127 Å². The van der Waals surface area contributed by atoms with Crippen LogP contribution in [0.5, 0.6) is 0 Å². The first-order chi connectivity index (χ1) is 10.2. The second-order valence-corrected chi connectivity index (χ2v) is 5.73. The Morgan fingerprint density at radius 1 is 0.857 bits per heavy atom. The van der Waals surface area contributed by atoms with E-state index in [4.69, 9.17) is 0 Å². The number of benzene rings is 2. The molecule has 0 atom stereocenters. The van der Waals surface area contributed by atoms with Crippen molar-refractivity contribution in [3.05, 3.63) is 82.9 Å². The highest BCUT2D eigenvalue weighted by molar-refractivity contribution is 5.81. The molecule has 0 N–H and O–H groups in total. The van der Waals surface area contributed by atoms with Gasteiger partial charge in [0.2, 0.25) is 0 Å². The van der Waals surface area contributed by atoms with E-state index in [9.17, 15) is 0 Å². The summed E-state index contributed by atoms with van der Waals surface area (Å²) in [5.41, 5.74) is 8.05. The molecule has 1 heterocycles. The number of aryl methyl sites for hydroxylation is 1. The van der Waals surface area contributed by atoms with Crippen LogP contribution in [0.4, 0.5) is 0 Å². The molecule has 0 aromatic heterocycles. The summed E-state index contributed by atoms with van der Waals surface area (Å²) in [7, 11) is 2.17. The molecule has 1 aliphatic rings. The molecule has 0 spiro atoms. The van der Waals surface area contributed by atoms with Crippen LogP contribution < -0.4 is 0 Å². The van der Waals surface area contributed by atoms with Gasteiger partial charge in [0.1, 0.15) is 0 Å². The average Bonchev–Trinajstić information content (AvgIpc) is 2.51. The molecule has 1 nitrogen and oxygen atoms in total. The number of hydrogen-bond donors (Lipinski definition) is 0. The first-order valence-electron chi connectivity index (χ1n) is 7.41. The molecule has 1 aliphatic heterocycles. The molecular weight excluding hydrogens is 254 g/mol. The van der Waals surface area contributed by atoms with Crippen LogP contribution in [0, 0.1) is 6.92 Å². The summed E-state index contributed by atoms with van der Waals surface area (Å²) in [4.78, 5) is 2.34. The van der Waals surface area contributed by atoms with Crippen LogP contribution in [0.1, 0.15) is 23.6 Å². The zero-order valence-corrected chi connectivity index (χ0v) is 12.9. The summed E-state index contributed by atoms with van der Waals surface area (Å²) < 4.78 is 0. The Morgan fingerprint density at radius 2 is 1.52 bits per heavy atom. The highest BCUT2D eigenvalue weighted by Gasteiger charge is 2.18. The van der Waals surface area contributed by atoms with Crippen LogP contribution in [-0.4, -0.2) is 18.5 Å². The second kappa shape index (κ2) is 5.61. The van der Waals surface area contributed by atoms with Gasteiger partial charge in [0.25, 0.3) is 0 Å². The molecule has 0 aliphatic carbocycles. The van der Waals surface area contributed by atoms with E-state index in [0.717, 1.165) is 6.54 Å². The van der Waals surface area contributed by atoms with E-state index < -0.39 is 0 Å². The minimum Gasteiger partial charge on any atom is -0.370 e. The van der Waals surface area contributed by atoms with E-state index in [-0.39, 0.29) is 0 Å². The zero-order valence-electron chi connectivity index (χ0n) is 12.9. The smallest absolute Gasteiger partial charge is 0.0445 e. The minimum absolute atomic E-state index is 0.954. The van der Waals surface area contributed by atoms with E-state index in [1.807, 2.05) is 0 Å². The molecule has 0 unspecified atom stereocenters. The average molecular weight is 275 g/mol. The molecule has 0 fully saturated rings. The van der Waals surface area contributed by atoms with Crippen molar-refractivity contribution in [2.45, 2.75) is 13.8 Å². The molecule has 1 heteroatoms. The van der Waals surface area contributed by atoms with Gasteiger partial charge in [0.15, 0.2) is 0 Å². The molecule has 0 saturated carbocycles. The van der Waals surface area contributed by atoms with Gasteiger partial charge in [-0.25, -0.2) is 0 Å². The maximum atomic E-state index is 2.34. The fraction of sp³-hybridized carbons (Fsp3) is 0.200. The van der Waals surface area contributed by atoms with Crippen LogP contribution >= 0.6 is 0 Å². The van der Waals surface area contributed by atoms with Gasteiger partial charge in [0.05, 0.1) is 0 Å². The number of allylic oxidation sites excluding steroid dienone is 2. The van der Waals surface area contributed by atoms with Crippen LogP contribution in [0.2, 0.25) is 0 Å². The Morgan fingerprint density at radius 3 is 2.24 bits per heavy atom. The first kappa shape index (κ1) is 13.7. The summed E-state index contributed by atoms with van der Waals surface area (Å²) >= 11 is 0. The van der Waals surface area contributed by atoms with Crippen molar-refractivity contribution < 1.29 is 0 Å². The van der Waals surface area contributed by atoms with Crippen molar-refractivity contribution >= 4 is 11.3 Å². The van der Waals surface area contributed by atoms with Crippen LogP contribution in [0.3, 0.4) is 0 Å². The monoisotopic (exact) mass is 275 g/mol. The lowest BCUT2D eigenvalue weighted by atomic mass is 9.93. The number of hydrogen-bond acceptors (Lipinski definition) is 1. The summed E-state index contributed by atoms with van der Waals surface area (Å²) in [6, 6.07) is 19.3. The molecule has 21 heavy (non-hydrogen) atoms. The molecule has 106 valence electrons. The van der Waals surface area contributed by atoms with Crippen molar-refractivity contribution in [2.75, 3.05) is 13.6 Å². The standard InChI is InChI=1S/C20H21N/c1-15-9-7-8-12-18(15)20-13-16(2)19(14-21(20)3)17-10-5-4-6-11-17/h4-13H,14H2,1-3H3. The predicted molar refractivity (Wildman–Crippen MR) is 90.8 cm³/mol. The SMILES string of the molecule is CC1=C(c2ccccc2)CN(C)C(c2ccccc2C)=C1. The zero-order chi connectivity index (χ0) is 14.8. The fourth-order valence-corrected chi connectivity index (χ4v) is 2.95. The van der Waals surface area contributed by atoms with Crippen molar-refractivity contribution in [1.29, 1.82) is 0 Å². The largest absolute Gasteiger partial charge is 0.370 e. The number of nitrogens with zero attached hydrogens (tertiary/aromatic N) is 1. The molecular formula is C20H21N. The maximum Gasteiger partial charge on any atom is 0.0445 e. The van der Waals surface area contributed by atoms with Crippen LogP contribution in [-0.2, 0) is 0 Å². The van der Waals surface area contributed by atoms with Gasteiger partial charge in [-0.1, -0.05) is 54.6 Å². The number of rotatable bonds is 2. The lowest BCUT2D eigenvalue weighted by Crippen LogP contribution is -2.23. The van der Waals surface area contributed by atoms with E-state index in [1.54, 1.807) is 0 Å². The van der Waals surface area contributed by atoms with Gasteiger partial charge in [0, 0.05) is 24.9 Å². The lowest BCUT2D eigenvalue weighted by Gasteiger charge is -2.30. The van der Waals surface area contributed by atoms with Gasteiger partial charge in [-0.2, -0.15) is 0 Å². The first-order valence-corrected chi connectivity index (χ1v) is 7.41. The number of likely N-dealkylation sites (N-methyl/N-ethyl adjacent to an activating group) is 1. The van der Waals surface area contributed by atoms with E-state index in [1.165, 1.54) is 33.5 Å². The van der Waals surface area contributed by atoms with E-state index >= 15 is 0 Å². The maximum absolute atomic E-state index is 2.34. The van der Waals surface area contributed by atoms with Crippen LogP contribution in [0.25, 0.3) is 11.3 Å². The molecule has 3 rings (SSSR count). The third-order valence-electron chi connectivity index (χ3n) is 4.18. The fourth-order valence-electron chi connectivity index (χ4n) is 2.95. The second-order valence-electron chi connectivity index (χ2n) is 5.73. The Balaban J connectivity index is 2.06. The topological polar surface area (TPSA) is 3.24 Å². The van der Waals surface area contributed by atoms with E-state index in [2.05, 4.69) is 86.5 Å². The Bertz CT molecular complexity index is 708. The van der Waals surface area contributed by atoms with Crippen molar-refractivity contribution in [3.63, 3.8) is 0 Å². The molecule has 0 bridgehead atoms. The predicted octanol–water partition coefficient (Wildman–Crippen LogP) is 4.76. The summed E-state index contributed by atoms with van der Waals surface area (Å²) in [6.07, 6.45) is 2.31. The van der Waals surface area contributed by atoms with Gasteiger partial charge in [-0.3, -0.25) is 0 Å². The van der Waals surface area contributed by atoms with Gasteiger partial charge in [-0.15, -0.1) is 0 Å². The lowest BCUT2D eigenvalue weighted by molar-refractivity contribution is 0.537. The molecule has 0 radical (unpaired) electrons. The van der Waals surface area contributed by atoms with Gasteiger partial charge in [-0.05, 0) is 42.2 Å². The van der Waals surface area contributed by atoms with Crippen molar-refractivity contribution in [3.8, 4) is 0 Å². The van der Waals surface area contributed by atoms with Gasteiger partial charge < -0.3 is 4.90 Å². The summed E-state index contributed by atoms with van der Waals surface area (Å²) in [5, 5.41) is 0. The third kappa shape index (κ3) is 2.64. The summed E-state index contributed by atoms with van der Waals surface area (Å²) in [5.74, 6) is 0. The quantitative estimate of drug-likeness (QED) is 0.764. The highest BCUT2D eigenvalue weighted by Crippen LogP contribution is 2.32. The highest BCUT2D eigenvalue weighted by atomic mass is 15.1. The molecule has 0 saturated heterocycles. The summed E-state index contributed by atoms with van der Waals surface area (Å²) in [6.45, 7) is 5.35. The Hall–Kier alpha value is -2.28. The normalized spacial score (nSPS) is 15.2. The van der Waals surface area contributed by atoms with Gasteiger partial charge >= 0.3 is 0 Å². The van der Waals surface area contributed by atoms with Crippen molar-refractivity contribution in [2.24, 2.45) is 0 Å². The van der Waals surface area contributed by atoms with Crippen molar-refractivity contribution in [1.82, 2.24) is 4.90 Å². The molecule has 0 amide bonds.